The van der Waals surface area contributed by atoms with E-state index in [-0.39, 0.29) is 6.09 Å². The van der Waals surface area contributed by atoms with Crippen molar-refractivity contribution in [2.24, 2.45) is 0 Å². The second kappa shape index (κ2) is 6.83. The molecule has 0 bridgehead atoms. The van der Waals surface area contributed by atoms with E-state index in [1.807, 2.05) is 26.8 Å². The van der Waals surface area contributed by atoms with Crippen LogP contribution in [0.1, 0.15) is 47.1 Å². The van der Waals surface area contributed by atoms with Gasteiger partial charge in [0, 0.05) is 0 Å². The van der Waals surface area contributed by atoms with Crippen LogP contribution in [0, 0.1) is 0 Å². The van der Waals surface area contributed by atoms with Crippen LogP contribution >= 0.6 is 0 Å². The van der Waals surface area contributed by atoms with E-state index in [1.165, 1.54) is 3.58 Å². The summed E-state index contributed by atoms with van der Waals surface area (Å²) < 4.78 is 7.12. The first-order valence-electron chi connectivity index (χ1n) is 6.89. The van der Waals surface area contributed by atoms with E-state index in [9.17, 15) is 4.79 Å². The van der Waals surface area contributed by atoms with Gasteiger partial charge in [0.25, 0.3) is 0 Å². The molecule has 0 unspecified atom stereocenters. The Morgan fingerprint density at radius 2 is 1.85 bits per heavy atom. The molecule has 1 aromatic carbocycles. The van der Waals surface area contributed by atoms with Crippen LogP contribution in [-0.4, -0.2) is 32.8 Å². The Labute approximate surface area is 132 Å². The number of rotatable bonds is 3. The van der Waals surface area contributed by atoms with Gasteiger partial charge in [-0.2, -0.15) is 0 Å². The molecule has 0 saturated heterocycles. The number of benzene rings is 1. The number of nitrogens with one attached hydrogen (secondary N) is 1. The Hall–Kier alpha value is -0.711. The summed E-state index contributed by atoms with van der Waals surface area (Å²) in [6, 6.07) is 8.54. The Balaban J connectivity index is 2.57. The van der Waals surface area contributed by atoms with Crippen molar-refractivity contribution in [1.82, 2.24) is 5.32 Å². The van der Waals surface area contributed by atoms with Gasteiger partial charge < -0.3 is 0 Å². The van der Waals surface area contributed by atoms with E-state index in [0.717, 1.165) is 5.56 Å². The molecular weight excluding hydrogens is 357 g/mol. The third kappa shape index (κ3) is 7.78. The van der Waals surface area contributed by atoms with Gasteiger partial charge in [-0.25, -0.2) is 0 Å². The predicted molar refractivity (Wildman–Crippen MR) is 84.6 cm³/mol. The molecule has 4 heteroatoms. The minimum absolute atomic E-state index is 0.362. The number of carbonyl (C=O) groups excluding carboxylic acids is 1. The van der Waals surface area contributed by atoms with Crippen molar-refractivity contribution in [1.29, 1.82) is 0 Å². The van der Waals surface area contributed by atoms with Gasteiger partial charge in [-0.3, -0.25) is 0 Å². The van der Waals surface area contributed by atoms with Crippen molar-refractivity contribution in [3.63, 3.8) is 0 Å². The average molecular weight is 382 g/mol. The summed E-state index contributed by atoms with van der Waals surface area (Å²) in [5.74, 6) is 0. The molecule has 0 spiro atoms. The van der Waals surface area contributed by atoms with Crippen molar-refractivity contribution in [3.8, 4) is 0 Å². The van der Waals surface area contributed by atoms with Crippen LogP contribution in [0.4, 0.5) is 4.79 Å². The molecule has 0 aromatic heterocycles. The summed E-state index contributed by atoms with van der Waals surface area (Å²) in [5.41, 5.74) is 0.686. The SMILES string of the molecule is CC(C)(C)OC(=O)NCc1ccc[c]([Sn][C](C)(C)C)c1. The van der Waals surface area contributed by atoms with Crippen molar-refractivity contribution in [2.45, 2.75) is 57.1 Å². The van der Waals surface area contributed by atoms with Gasteiger partial charge in [0.1, 0.15) is 0 Å². The summed E-state index contributed by atoms with van der Waals surface area (Å²) in [6.07, 6.45) is -0.362. The van der Waals surface area contributed by atoms with Crippen LogP contribution in [0.5, 0.6) is 0 Å². The van der Waals surface area contributed by atoms with Gasteiger partial charge in [-0.1, -0.05) is 0 Å². The maximum absolute atomic E-state index is 11.6. The molecular formula is C16H25NO2Sn. The molecule has 1 aromatic rings. The second-order valence-corrected chi connectivity index (χ2v) is 13.6. The number of hydrogen-bond donors (Lipinski definition) is 1. The first-order valence-corrected chi connectivity index (χ1v) is 9.74. The van der Waals surface area contributed by atoms with Crippen LogP contribution in [-0.2, 0) is 11.3 Å². The standard InChI is InChI=1S/C12H16NO2.C4H9.Sn/c1-12(2,3)15-11(14)13-9-10-7-5-4-6-8-10;1-4(2)3;/h4-5,7-8H,9H2,1-3H3,(H,13,14);1-3H3;. The zero-order valence-corrected chi connectivity index (χ0v) is 16.2. The molecule has 0 aliphatic rings. The van der Waals surface area contributed by atoms with Gasteiger partial charge in [0.05, 0.1) is 0 Å². The Bertz CT molecular complexity index is 458. The molecule has 1 amide bonds. The summed E-state index contributed by atoms with van der Waals surface area (Å²) in [5, 5.41) is 2.80. The Morgan fingerprint density at radius 1 is 1.20 bits per heavy atom. The summed E-state index contributed by atoms with van der Waals surface area (Å²) in [4.78, 5) is 11.6. The number of hydrogen-bond acceptors (Lipinski definition) is 2. The predicted octanol–water partition coefficient (Wildman–Crippen LogP) is 3.26. The van der Waals surface area contributed by atoms with Crippen LogP contribution in [0.2, 0.25) is 3.43 Å². The van der Waals surface area contributed by atoms with Crippen molar-refractivity contribution < 1.29 is 9.53 Å². The monoisotopic (exact) mass is 383 g/mol. The summed E-state index contributed by atoms with van der Waals surface area (Å²) in [7, 11) is 0. The van der Waals surface area contributed by atoms with E-state index in [0.29, 0.717) is 9.98 Å². The molecule has 0 heterocycles. The number of alkyl carbamates (subject to hydrolysis) is 1. The van der Waals surface area contributed by atoms with Crippen LogP contribution in [0.25, 0.3) is 0 Å². The topological polar surface area (TPSA) is 38.3 Å². The van der Waals surface area contributed by atoms with Crippen LogP contribution in [0.15, 0.2) is 24.3 Å². The molecule has 20 heavy (non-hydrogen) atoms. The molecule has 110 valence electrons. The number of ether oxygens (including phenoxy) is 1. The van der Waals surface area contributed by atoms with Gasteiger partial charge >= 0.3 is 133 Å². The fourth-order valence-corrected chi connectivity index (χ4v) is 5.40. The normalized spacial score (nSPS) is 12.1. The zero-order chi connectivity index (χ0) is 15.4. The molecule has 1 rings (SSSR count). The third-order valence-corrected chi connectivity index (χ3v) is 6.13. The minimum atomic E-state index is -0.599. The van der Waals surface area contributed by atoms with Gasteiger partial charge in [0.2, 0.25) is 0 Å². The van der Waals surface area contributed by atoms with E-state index < -0.39 is 26.7 Å². The molecule has 0 aliphatic heterocycles. The second-order valence-electron chi connectivity index (χ2n) is 6.93. The van der Waals surface area contributed by atoms with Crippen molar-refractivity contribution in [2.75, 3.05) is 0 Å². The molecule has 0 saturated carbocycles. The number of amides is 1. The van der Waals surface area contributed by atoms with Crippen molar-refractivity contribution in [3.05, 3.63) is 29.8 Å². The van der Waals surface area contributed by atoms with E-state index in [2.05, 4.69) is 44.3 Å². The fraction of sp³-hybridized carbons (Fsp3) is 0.562. The summed E-state index contributed by atoms with van der Waals surface area (Å²) >= 11 is -0.599. The number of carbonyl (C=O) groups is 1. The van der Waals surface area contributed by atoms with Crippen molar-refractivity contribution >= 4 is 30.8 Å². The quantitative estimate of drug-likeness (QED) is 0.816. The Morgan fingerprint density at radius 3 is 2.40 bits per heavy atom. The average Bonchev–Trinajstić information content (AvgIpc) is 2.22. The molecule has 3 nitrogen and oxygen atoms in total. The van der Waals surface area contributed by atoms with Gasteiger partial charge in [-0.15, -0.1) is 0 Å². The van der Waals surface area contributed by atoms with Gasteiger partial charge in [-0.05, 0) is 0 Å². The summed E-state index contributed by atoms with van der Waals surface area (Å²) in [6.45, 7) is 13.0. The van der Waals surface area contributed by atoms with E-state index in [1.54, 1.807) is 0 Å². The van der Waals surface area contributed by atoms with Crippen LogP contribution < -0.4 is 8.90 Å². The molecule has 2 radical (unpaired) electrons. The first kappa shape index (κ1) is 17.3. The molecule has 0 aliphatic carbocycles. The van der Waals surface area contributed by atoms with Crippen LogP contribution in [0.3, 0.4) is 0 Å². The molecule has 0 fully saturated rings. The van der Waals surface area contributed by atoms with Gasteiger partial charge in [0.15, 0.2) is 0 Å². The van der Waals surface area contributed by atoms with E-state index >= 15 is 0 Å². The molecule has 0 atom stereocenters. The Kier molecular flexibility index (Phi) is 5.92. The molecule has 1 N–H and O–H groups in total. The first-order chi connectivity index (χ1) is 9.05. The zero-order valence-electron chi connectivity index (χ0n) is 13.3. The van der Waals surface area contributed by atoms with E-state index in [4.69, 9.17) is 4.74 Å². The third-order valence-electron chi connectivity index (χ3n) is 2.28. The fourth-order valence-electron chi connectivity index (χ4n) is 1.68. The maximum atomic E-state index is 11.6.